The molecule has 0 spiro atoms. The van der Waals surface area contributed by atoms with Crippen molar-refractivity contribution in [3.8, 4) is 0 Å². The zero-order valence-corrected chi connectivity index (χ0v) is 10.1. The van der Waals surface area contributed by atoms with Crippen molar-refractivity contribution in [3.05, 3.63) is 0 Å². The normalized spacial score (nSPS) is 52.1. The summed E-state index contributed by atoms with van der Waals surface area (Å²) in [6, 6.07) is 0. The van der Waals surface area contributed by atoms with Gasteiger partial charge in [-0.2, -0.15) is 0 Å². The summed E-state index contributed by atoms with van der Waals surface area (Å²) in [5.41, 5.74) is -0.690. The Balaban J connectivity index is 0.000000653. The van der Waals surface area contributed by atoms with Gasteiger partial charge in [-0.05, 0) is 18.8 Å². The van der Waals surface area contributed by atoms with Gasteiger partial charge in [0.25, 0.3) is 0 Å². The average Bonchev–Trinajstić information content (AvgIpc) is 1.96. The Bertz CT molecular complexity index is 233. The summed E-state index contributed by atoms with van der Waals surface area (Å²) < 4.78 is 0. The van der Waals surface area contributed by atoms with Crippen LogP contribution in [0.15, 0.2) is 0 Å². The van der Waals surface area contributed by atoms with Crippen LogP contribution in [0.3, 0.4) is 0 Å². The van der Waals surface area contributed by atoms with Crippen LogP contribution in [-0.2, 0) is 4.79 Å². The molecule has 0 amide bonds. The Labute approximate surface area is 100 Å². The molecule has 0 radical (unpaired) electrons. The molecule has 0 aromatic rings. The fraction of sp³-hybridized carbons (Fsp3) is 0.900. The van der Waals surface area contributed by atoms with E-state index in [0.717, 1.165) is 19.3 Å². The van der Waals surface area contributed by atoms with Crippen LogP contribution >= 0.6 is 0 Å². The van der Waals surface area contributed by atoms with Crippen LogP contribution in [0.1, 0.15) is 32.1 Å². The van der Waals surface area contributed by atoms with Gasteiger partial charge in [0.2, 0.25) is 0 Å². The molecule has 4 rings (SSSR count). The first-order valence-electron chi connectivity index (χ1n) is 4.90. The topological polar surface area (TPSA) is 40.1 Å². The Morgan fingerprint density at radius 2 is 1.69 bits per heavy atom. The van der Waals surface area contributed by atoms with E-state index in [4.69, 9.17) is 0 Å². The second-order valence-corrected chi connectivity index (χ2v) is 4.93. The Kier molecular flexibility index (Phi) is 2.39. The molecule has 0 aliphatic heterocycles. The molecule has 66 valence electrons. The number of hydrogen-bond acceptors (Lipinski definition) is 2. The van der Waals surface area contributed by atoms with Gasteiger partial charge in [0.15, 0.2) is 0 Å². The SMILES string of the molecule is O=C1C2CC3CC1CC([O-])(C3)C2.[Na+]. The first-order chi connectivity index (χ1) is 5.66. The summed E-state index contributed by atoms with van der Waals surface area (Å²) in [6.45, 7) is 0. The molecule has 0 aromatic heterocycles. The molecule has 4 bridgehead atoms. The summed E-state index contributed by atoms with van der Waals surface area (Å²) in [4.78, 5) is 11.6. The molecule has 0 saturated heterocycles. The molecule has 2 atom stereocenters. The third-order valence-electron chi connectivity index (χ3n) is 3.94. The standard InChI is InChI=1S/C10H13O2.Na/c11-9-7-1-6-2-8(9)5-10(12,3-6)4-7;/h6-8H,1-5H2;/q-1;+1. The number of rotatable bonds is 0. The zero-order valence-electron chi connectivity index (χ0n) is 8.08. The van der Waals surface area contributed by atoms with Gasteiger partial charge in [-0.1, -0.05) is 19.3 Å². The molecule has 0 N–H and O–H groups in total. The van der Waals surface area contributed by atoms with Crippen molar-refractivity contribution in [2.75, 3.05) is 0 Å². The molecule has 4 aliphatic carbocycles. The van der Waals surface area contributed by atoms with Crippen LogP contribution in [-0.4, -0.2) is 11.4 Å². The summed E-state index contributed by atoms with van der Waals surface area (Å²) in [7, 11) is 0. The maximum absolute atomic E-state index is 12.0. The maximum Gasteiger partial charge on any atom is 1.00 e. The maximum atomic E-state index is 12.0. The average molecular weight is 188 g/mol. The van der Waals surface area contributed by atoms with Gasteiger partial charge in [0, 0.05) is 11.8 Å². The number of hydrogen-bond donors (Lipinski definition) is 0. The summed E-state index contributed by atoms with van der Waals surface area (Å²) in [5, 5.41) is 12.0. The van der Waals surface area contributed by atoms with Gasteiger partial charge in [-0.15, -0.1) is 5.60 Å². The number of carbonyl (C=O) groups is 1. The predicted octanol–water partition coefficient (Wildman–Crippen LogP) is -2.50. The van der Waals surface area contributed by atoms with E-state index >= 15 is 0 Å². The molecule has 0 aromatic carbocycles. The first-order valence-corrected chi connectivity index (χ1v) is 4.90. The van der Waals surface area contributed by atoms with Crippen molar-refractivity contribution in [1.82, 2.24) is 0 Å². The third-order valence-corrected chi connectivity index (χ3v) is 3.94. The monoisotopic (exact) mass is 188 g/mol. The minimum Gasteiger partial charge on any atom is -0.849 e. The Morgan fingerprint density at radius 1 is 1.15 bits per heavy atom. The van der Waals surface area contributed by atoms with Crippen molar-refractivity contribution >= 4 is 5.78 Å². The molecule has 2 nitrogen and oxygen atoms in total. The quantitative estimate of drug-likeness (QED) is 0.394. The summed E-state index contributed by atoms with van der Waals surface area (Å²) in [6.07, 6.45) is 4.21. The minimum atomic E-state index is -0.690. The van der Waals surface area contributed by atoms with Crippen LogP contribution in [0.4, 0.5) is 0 Å². The van der Waals surface area contributed by atoms with Crippen LogP contribution in [0.5, 0.6) is 0 Å². The van der Waals surface area contributed by atoms with Crippen molar-refractivity contribution in [2.24, 2.45) is 17.8 Å². The Hall–Kier alpha value is 0.630. The minimum absolute atomic E-state index is 0. The number of carbonyl (C=O) groups excluding carboxylic acids is 1. The van der Waals surface area contributed by atoms with Gasteiger partial charge < -0.3 is 5.11 Å². The molecule has 4 aliphatic rings. The van der Waals surface area contributed by atoms with Crippen molar-refractivity contribution < 1.29 is 39.5 Å². The van der Waals surface area contributed by atoms with E-state index in [1.54, 1.807) is 0 Å². The second-order valence-electron chi connectivity index (χ2n) is 4.93. The molecule has 3 heteroatoms. The van der Waals surface area contributed by atoms with Crippen LogP contribution in [0.2, 0.25) is 0 Å². The van der Waals surface area contributed by atoms with Crippen LogP contribution < -0.4 is 34.7 Å². The van der Waals surface area contributed by atoms with Gasteiger partial charge in [-0.25, -0.2) is 0 Å². The van der Waals surface area contributed by atoms with E-state index in [2.05, 4.69) is 0 Å². The van der Waals surface area contributed by atoms with Crippen molar-refractivity contribution in [1.29, 1.82) is 0 Å². The van der Waals surface area contributed by atoms with Gasteiger partial charge in [-0.3, -0.25) is 4.79 Å². The molecule has 2 unspecified atom stereocenters. The van der Waals surface area contributed by atoms with E-state index < -0.39 is 5.60 Å². The largest absolute Gasteiger partial charge is 1.00 e. The fourth-order valence-corrected chi connectivity index (χ4v) is 3.68. The number of Topliss-reactive ketones (excluding diaryl/α,β-unsaturated/α-hetero) is 1. The van der Waals surface area contributed by atoms with Gasteiger partial charge in [0.1, 0.15) is 5.78 Å². The molecule has 0 heterocycles. The zero-order chi connectivity index (χ0) is 8.34. The third kappa shape index (κ3) is 1.43. The molecule has 13 heavy (non-hydrogen) atoms. The van der Waals surface area contributed by atoms with E-state index in [0.29, 0.717) is 24.5 Å². The Morgan fingerprint density at radius 3 is 2.15 bits per heavy atom. The summed E-state index contributed by atoms with van der Waals surface area (Å²) in [5.74, 6) is 1.33. The molecular weight excluding hydrogens is 175 g/mol. The fourth-order valence-electron chi connectivity index (χ4n) is 3.68. The van der Waals surface area contributed by atoms with Crippen molar-refractivity contribution in [2.45, 2.75) is 37.7 Å². The van der Waals surface area contributed by atoms with Crippen LogP contribution in [0.25, 0.3) is 0 Å². The van der Waals surface area contributed by atoms with Crippen LogP contribution in [0, 0.1) is 17.8 Å². The predicted molar refractivity (Wildman–Crippen MR) is 41.3 cm³/mol. The molecule has 4 fully saturated rings. The van der Waals surface area contributed by atoms with E-state index in [9.17, 15) is 9.90 Å². The molecular formula is C10H13NaO2. The van der Waals surface area contributed by atoms with Gasteiger partial charge in [0.05, 0.1) is 0 Å². The smallest absolute Gasteiger partial charge is 0.849 e. The first kappa shape index (κ1) is 10.2. The summed E-state index contributed by atoms with van der Waals surface area (Å²) >= 11 is 0. The van der Waals surface area contributed by atoms with Gasteiger partial charge >= 0.3 is 29.6 Å². The van der Waals surface area contributed by atoms with Crippen molar-refractivity contribution in [3.63, 3.8) is 0 Å². The van der Waals surface area contributed by atoms with E-state index in [1.807, 2.05) is 0 Å². The molecule has 4 saturated carbocycles. The second kappa shape index (κ2) is 3.06. The van der Waals surface area contributed by atoms with E-state index in [-0.39, 0.29) is 41.4 Å². The number of ketones is 1. The van der Waals surface area contributed by atoms with E-state index in [1.165, 1.54) is 0 Å².